The van der Waals surface area contributed by atoms with Crippen LogP contribution in [0.1, 0.15) is 38.8 Å². The summed E-state index contributed by atoms with van der Waals surface area (Å²) in [6.07, 6.45) is 0.0653. The van der Waals surface area contributed by atoms with E-state index in [1.165, 1.54) is 0 Å². The Kier molecular flexibility index (Phi) is 7.75. The zero-order valence-corrected chi connectivity index (χ0v) is 15.7. The number of nitrogens with zero attached hydrogens (tertiary/aromatic N) is 2. The number of benzene rings is 1. The zero-order valence-electron chi connectivity index (χ0n) is 15.7. The van der Waals surface area contributed by atoms with Crippen LogP contribution in [0.5, 0.6) is 0 Å². The third kappa shape index (κ3) is 4.40. The quantitative estimate of drug-likeness (QED) is 0.691. The first-order valence-electron chi connectivity index (χ1n) is 8.56. The normalized spacial score (nSPS) is 26.8. The maximum atomic E-state index is 13.0. The van der Waals surface area contributed by atoms with Crippen LogP contribution >= 0.6 is 0 Å². The fourth-order valence-corrected chi connectivity index (χ4v) is 3.73. The summed E-state index contributed by atoms with van der Waals surface area (Å²) in [5, 5.41) is 22.5. The van der Waals surface area contributed by atoms with Crippen LogP contribution in [0.3, 0.4) is 0 Å². The van der Waals surface area contributed by atoms with Gasteiger partial charge >= 0.3 is 0 Å². The van der Waals surface area contributed by atoms with Crippen LogP contribution in [0.2, 0.25) is 0 Å². The molecule has 4 N–H and O–H groups in total. The fourth-order valence-electron chi connectivity index (χ4n) is 3.73. The average Bonchev–Trinajstić information content (AvgIpc) is 2.87. The summed E-state index contributed by atoms with van der Waals surface area (Å²) in [7, 11) is 1.66. The molecule has 0 bridgehead atoms. The Morgan fingerprint density at radius 3 is 2.46 bits per heavy atom. The number of nitrogens with two attached hydrogens (primary N) is 1. The smallest absolute Gasteiger partial charge is 0.243 e. The van der Waals surface area contributed by atoms with Crippen LogP contribution in [-0.2, 0) is 9.59 Å². The SMILES string of the molecule is CNC(C(=O)N1C(C)CC(C)(C#N)C1c1ccccc1)C(C)O.NC=O. The molecule has 7 nitrogen and oxygen atoms in total. The lowest BCUT2D eigenvalue weighted by atomic mass is 9.79. The highest BCUT2D eigenvalue weighted by atomic mass is 16.3. The largest absolute Gasteiger partial charge is 0.391 e. The van der Waals surface area contributed by atoms with Crippen LogP contribution in [0.4, 0.5) is 0 Å². The van der Waals surface area contributed by atoms with E-state index in [1.54, 1.807) is 18.9 Å². The van der Waals surface area contributed by atoms with Gasteiger partial charge in [-0.1, -0.05) is 30.3 Å². The minimum atomic E-state index is -0.801. The first-order chi connectivity index (χ1) is 12.3. The van der Waals surface area contributed by atoms with Crippen molar-refractivity contribution in [1.82, 2.24) is 10.2 Å². The molecule has 1 aromatic carbocycles. The number of rotatable bonds is 4. The molecule has 2 rings (SSSR count). The van der Waals surface area contributed by atoms with Gasteiger partial charge in [-0.2, -0.15) is 5.26 Å². The van der Waals surface area contributed by atoms with Crippen molar-refractivity contribution in [3.63, 3.8) is 0 Å². The highest BCUT2D eigenvalue weighted by Crippen LogP contribution is 2.49. The van der Waals surface area contributed by atoms with Gasteiger partial charge in [-0.05, 0) is 39.8 Å². The van der Waals surface area contributed by atoms with E-state index < -0.39 is 17.6 Å². The van der Waals surface area contributed by atoms with Gasteiger partial charge in [-0.15, -0.1) is 0 Å². The third-order valence-electron chi connectivity index (χ3n) is 4.76. The van der Waals surface area contributed by atoms with E-state index in [0.29, 0.717) is 6.42 Å². The van der Waals surface area contributed by atoms with Crippen LogP contribution in [-0.4, -0.2) is 47.6 Å². The van der Waals surface area contributed by atoms with Crippen molar-refractivity contribution in [3.8, 4) is 6.07 Å². The molecule has 1 aliphatic heterocycles. The molecule has 0 aromatic heterocycles. The lowest BCUT2D eigenvalue weighted by Crippen LogP contribution is -2.52. The third-order valence-corrected chi connectivity index (χ3v) is 4.76. The van der Waals surface area contributed by atoms with Crippen molar-refractivity contribution in [3.05, 3.63) is 35.9 Å². The standard InChI is InChI=1S/C18H25N3O2.CH3NO/c1-12-10-18(3,11-19)16(14-8-6-5-7-9-14)21(12)17(23)15(20-4)13(2)22;2-1-3/h5-9,12-13,15-16,20,22H,10H2,1-4H3;1H,(H2,2,3). The number of primary amides is 1. The Morgan fingerprint density at radius 1 is 1.50 bits per heavy atom. The summed E-state index contributed by atoms with van der Waals surface area (Å²) in [4.78, 5) is 23.4. The van der Waals surface area contributed by atoms with E-state index in [-0.39, 0.29) is 24.4 Å². The summed E-state index contributed by atoms with van der Waals surface area (Å²) in [6.45, 7) is 5.47. The molecule has 1 aliphatic rings. The van der Waals surface area contributed by atoms with E-state index in [9.17, 15) is 15.2 Å². The molecule has 0 saturated carbocycles. The van der Waals surface area contributed by atoms with Gasteiger partial charge in [0, 0.05) is 6.04 Å². The Bertz CT molecular complexity index is 644. The molecule has 142 valence electrons. The number of hydrogen-bond acceptors (Lipinski definition) is 5. The lowest BCUT2D eigenvalue weighted by molar-refractivity contribution is -0.139. The van der Waals surface area contributed by atoms with Gasteiger partial charge in [0.05, 0.1) is 23.6 Å². The second-order valence-electron chi connectivity index (χ2n) is 6.78. The van der Waals surface area contributed by atoms with Gasteiger partial charge in [0.1, 0.15) is 6.04 Å². The van der Waals surface area contributed by atoms with Crippen LogP contribution in [0.15, 0.2) is 30.3 Å². The number of aliphatic hydroxyl groups is 1. The summed E-state index contributed by atoms with van der Waals surface area (Å²) in [6, 6.07) is 11.0. The molecule has 5 unspecified atom stereocenters. The number of amides is 2. The van der Waals surface area contributed by atoms with Gasteiger partial charge < -0.3 is 21.1 Å². The van der Waals surface area contributed by atoms with Crippen molar-refractivity contribution >= 4 is 12.3 Å². The van der Waals surface area contributed by atoms with E-state index in [2.05, 4.69) is 17.1 Å². The number of carbonyl (C=O) groups is 2. The number of hydrogen-bond donors (Lipinski definition) is 3. The van der Waals surface area contributed by atoms with Gasteiger partial charge in [0.2, 0.25) is 12.3 Å². The minimum Gasteiger partial charge on any atom is -0.391 e. The van der Waals surface area contributed by atoms with Crippen molar-refractivity contribution < 1.29 is 14.7 Å². The van der Waals surface area contributed by atoms with Crippen molar-refractivity contribution in [2.45, 2.75) is 51.4 Å². The number of likely N-dealkylation sites (N-methyl/N-ethyl adjacent to an activating group) is 1. The van der Waals surface area contributed by atoms with Gasteiger partial charge in [-0.3, -0.25) is 9.59 Å². The summed E-state index contributed by atoms with van der Waals surface area (Å²) < 4.78 is 0. The topological polar surface area (TPSA) is 119 Å². The second kappa shape index (κ2) is 9.32. The molecule has 1 saturated heterocycles. The Labute approximate surface area is 154 Å². The number of aliphatic hydroxyl groups excluding tert-OH is 1. The fraction of sp³-hybridized carbons (Fsp3) is 0.526. The molecule has 1 aromatic rings. The Balaban J connectivity index is 0.00000105. The van der Waals surface area contributed by atoms with Crippen LogP contribution in [0.25, 0.3) is 0 Å². The Hall–Kier alpha value is -2.43. The van der Waals surface area contributed by atoms with Gasteiger partial charge in [-0.25, -0.2) is 0 Å². The summed E-state index contributed by atoms with van der Waals surface area (Å²) >= 11 is 0. The van der Waals surface area contributed by atoms with Gasteiger partial charge in [0.15, 0.2) is 0 Å². The van der Waals surface area contributed by atoms with E-state index in [4.69, 9.17) is 4.79 Å². The molecule has 7 heteroatoms. The highest BCUT2D eigenvalue weighted by Gasteiger charge is 2.52. The first-order valence-corrected chi connectivity index (χ1v) is 8.56. The maximum Gasteiger partial charge on any atom is 0.243 e. The molecule has 5 atom stereocenters. The molecular weight excluding hydrogens is 332 g/mol. The molecular formula is C19H28N4O3. The Morgan fingerprint density at radius 2 is 2.04 bits per heavy atom. The van der Waals surface area contributed by atoms with Crippen LogP contribution < -0.4 is 11.1 Å². The lowest BCUT2D eigenvalue weighted by Gasteiger charge is -2.35. The summed E-state index contributed by atoms with van der Waals surface area (Å²) in [5.41, 5.74) is 4.47. The van der Waals surface area contributed by atoms with Crippen LogP contribution in [0, 0.1) is 16.7 Å². The predicted octanol–water partition coefficient (Wildman–Crippen LogP) is 0.949. The number of nitriles is 1. The number of likely N-dealkylation sites (tertiary alicyclic amines) is 1. The molecule has 0 aliphatic carbocycles. The molecule has 26 heavy (non-hydrogen) atoms. The molecule has 0 radical (unpaired) electrons. The van der Waals surface area contributed by atoms with Crippen molar-refractivity contribution in [2.24, 2.45) is 11.1 Å². The minimum absolute atomic E-state index is 0.0630. The summed E-state index contributed by atoms with van der Waals surface area (Å²) in [5.74, 6) is -0.164. The van der Waals surface area contributed by atoms with Crippen molar-refractivity contribution in [2.75, 3.05) is 7.05 Å². The zero-order chi connectivity index (χ0) is 19.9. The molecule has 0 spiro atoms. The average molecular weight is 360 g/mol. The number of carbonyl (C=O) groups excluding carboxylic acids is 2. The predicted molar refractivity (Wildman–Crippen MR) is 98.6 cm³/mol. The van der Waals surface area contributed by atoms with E-state index in [0.717, 1.165) is 5.56 Å². The van der Waals surface area contributed by atoms with E-state index >= 15 is 0 Å². The number of nitrogens with one attached hydrogen (secondary N) is 1. The van der Waals surface area contributed by atoms with Crippen molar-refractivity contribution in [1.29, 1.82) is 5.26 Å². The molecule has 1 heterocycles. The highest BCUT2D eigenvalue weighted by molar-refractivity contribution is 5.84. The first kappa shape index (κ1) is 21.6. The van der Waals surface area contributed by atoms with Gasteiger partial charge in [0.25, 0.3) is 0 Å². The maximum absolute atomic E-state index is 13.0. The second-order valence-corrected chi connectivity index (χ2v) is 6.78. The van der Waals surface area contributed by atoms with E-state index in [1.807, 2.05) is 44.2 Å². The molecule has 1 fully saturated rings. The molecule has 2 amide bonds. The monoisotopic (exact) mass is 360 g/mol.